The fourth-order valence-electron chi connectivity index (χ4n) is 2.35. The maximum Gasteiger partial charge on any atom is 0.0971 e. The van der Waals surface area contributed by atoms with Gasteiger partial charge in [0, 0.05) is 36.0 Å². The van der Waals surface area contributed by atoms with Crippen LogP contribution in [0.15, 0.2) is 6.20 Å². The fourth-order valence-corrected chi connectivity index (χ4v) is 3.52. The molecular formula is C13H22N2OS. The second-order valence-electron chi connectivity index (χ2n) is 5.29. The van der Waals surface area contributed by atoms with Gasteiger partial charge in [-0.05, 0) is 33.7 Å². The topological polar surface area (TPSA) is 36.4 Å². The lowest BCUT2D eigenvalue weighted by molar-refractivity contribution is 0.196. The molecule has 2 unspecified atom stereocenters. The maximum atomic E-state index is 9.37. The van der Waals surface area contributed by atoms with Gasteiger partial charge in [-0.25, -0.2) is 4.98 Å². The van der Waals surface area contributed by atoms with Crippen molar-refractivity contribution in [3.05, 3.63) is 16.1 Å². The smallest absolute Gasteiger partial charge is 0.0971 e. The zero-order chi connectivity index (χ0) is 12.4. The number of thiazole rings is 1. The van der Waals surface area contributed by atoms with E-state index in [2.05, 4.69) is 23.7 Å². The molecule has 2 rings (SSSR count). The summed E-state index contributed by atoms with van der Waals surface area (Å²) in [5.41, 5.74) is 0. The molecule has 17 heavy (non-hydrogen) atoms. The van der Waals surface area contributed by atoms with Crippen molar-refractivity contribution < 1.29 is 5.11 Å². The minimum Gasteiger partial charge on any atom is -0.393 e. The third-order valence-corrected chi connectivity index (χ3v) is 4.55. The predicted octanol–water partition coefficient (Wildman–Crippen LogP) is 2.26. The number of nitrogens with zero attached hydrogens (tertiary/aromatic N) is 2. The molecule has 1 aliphatic rings. The highest BCUT2D eigenvalue weighted by molar-refractivity contribution is 7.11. The van der Waals surface area contributed by atoms with Crippen LogP contribution >= 0.6 is 11.3 Å². The first kappa shape index (κ1) is 13.0. The number of aliphatic hydroxyl groups is 1. The van der Waals surface area contributed by atoms with Gasteiger partial charge in [0.15, 0.2) is 0 Å². The summed E-state index contributed by atoms with van der Waals surface area (Å²) in [6.45, 7) is 8.66. The zero-order valence-corrected chi connectivity index (χ0v) is 11.7. The van der Waals surface area contributed by atoms with E-state index in [1.807, 2.05) is 13.1 Å². The van der Waals surface area contributed by atoms with Gasteiger partial charge in [0.2, 0.25) is 0 Å². The summed E-state index contributed by atoms with van der Waals surface area (Å²) >= 11 is 1.77. The number of rotatable bonds is 4. The number of aliphatic hydroxyl groups excluding tert-OH is 1. The zero-order valence-electron chi connectivity index (χ0n) is 10.9. The molecule has 1 aromatic heterocycles. The lowest BCUT2D eigenvalue weighted by Gasteiger charge is -2.19. The molecule has 0 saturated carbocycles. The Labute approximate surface area is 107 Å². The van der Waals surface area contributed by atoms with Gasteiger partial charge in [0.05, 0.1) is 11.1 Å². The summed E-state index contributed by atoms with van der Waals surface area (Å²) in [5.74, 6) is 0.602. The molecule has 0 bridgehead atoms. The molecule has 1 aliphatic heterocycles. The van der Waals surface area contributed by atoms with E-state index in [1.54, 1.807) is 11.3 Å². The Hall–Kier alpha value is -0.450. The number of hydrogen-bond acceptors (Lipinski definition) is 4. The minimum absolute atomic E-state index is 0.265. The molecule has 4 heteroatoms. The van der Waals surface area contributed by atoms with Crippen molar-refractivity contribution in [2.24, 2.45) is 0 Å². The third-order valence-electron chi connectivity index (χ3n) is 3.37. The van der Waals surface area contributed by atoms with Crippen LogP contribution in [0.25, 0.3) is 0 Å². The quantitative estimate of drug-likeness (QED) is 0.895. The Morgan fingerprint density at radius 3 is 2.88 bits per heavy atom. The number of hydrogen-bond donors (Lipinski definition) is 1. The highest BCUT2D eigenvalue weighted by atomic mass is 32.1. The van der Waals surface area contributed by atoms with Crippen molar-refractivity contribution in [3.8, 4) is 0 Å². The normalized spacial score (nSPS) is 23.5. The van der Waals surface area contributed by atoms with E-state index in [1.165, 1.54) is 22.9 Å². The van der Waals surface area contributed by atoms with Crippen LogP contribution in [0, 0.1) is 0 Å². The van der Waals surface area contributed by atoms with Crippen molar-refractivity contribution in [1.29, 1.82) is 0 Å². The van der Waals surface area contributed by atoms with Crippen molar-refractivity contribution in [2.45, 2.75) is 51.7 Å². The second-order valence-corrected chi connectivity index (χ2v) is 6.44. The fraction of sp³-hybridized carbons (Fsp3) is 0.769. The molecule has 1 fully saturated rings. The van der Waals surface area contributed by atoms with Crippen LogP contribution in [0.5, 0.6) is 0 Å². The van der Waals surface area contributed by atoms with Crippen LogP contribution in [-0.2, 0) is 6.42 Å². The van der Waals surface area contributed by atoms with E-state index < -0.39 is 0 Å². The summed E-state index contributed by atoms with van der Waals surface area (Å²) in [5, 5.41) is 10.6. The third kappa shape index (κ3) is 3.27. The molecular weight excluding hydrogens is 232 g/mol. The van der Waals surface area contributed by atoms with E-state index >= 15 is 0 Å². The largest absolute Gasteiger partial charge is 0.393 e. The van der Waals surface area contributed by atoms with E-state index in [4.69, 9.17) is 0 Å². The molecule has 0 amide bonds. The van der Waals surface area contributed by atoms with Crippen molar-refractivity contribution in [1.82, 2.24) is 9.88 Å². The average Bonchev–Trinajstić information content (AvgIpc) is 2.83. The van der Waals surface area contributed by atoms with Crippen LogP contribution < -0.4 is 0 Å². The van der Waals surface area contributed by atoms with E-state index in [0.717, 1.165) is 13.0 Å². The van der Waals surface area contributed by atoms with Gasteiger partial charge in [0.1, 0.15) is 0 Å². The van der Waals surface area contributed by atoms with Gasteiger partial charge in [-0.2, -0.15) is 0 Å². The monoisotopic (exact) mass is 254 g/mol. The molecule has 1 saturated heterocycles. The summed E-state index contributed by atoms with van der Waals surface area (Å²) in [6, 6.07) is 0.636. The lowest BCUT2D eigenvalue weighted by atomic mass is 10.1. The highest BCUT2D eigenvalue weighted by Crippen LogP contribution is 2.31. The van der Waals surface area contributed by atoms with Crippen molar-refractivity contribution in [3.63, 3.8) is 0 Å². The first-order valence-corrected chi connectivity index (χ1v) is 7.24. The van der Waals surface area contributed by atoms with E-state index in [9.17, 15) is 5.11 Å². The molecule has 0 aromatic carbocycles. The van der Waals surface area contributed by atoms with Crippen LogP contribution in [0.1, 0.15) is 43.0 Å². The first-order chi connectivity index (χ1) is 8.06. The molecule has 2 heterocycles. The Balaban J connectivity index is 1.97. The Bertz CT molecular complexity index is 362. The van der Waals surface area contributed by atoms with E-state index in [-0.39, 0.29) is 6.10 Å². The van der Waals surface area contributed by atoms with Crippen LogP contribution in [-0.4, -0.2) is 40.2 Å². The molecule has 1 N–H and O–H groups in total. The van der Waals surface area contributed by atoms with Gasteiger partial charge < -0.3 is 10.0 Å². The van der Waals surface area contributed by atoms with E-state index in [0.29, 0.717) is 12.0 Å². The van der Waals surface area contributed by atoms with Gasteiger partial charge in [-0.3, -0.25) is 0 Å². The predicted molar refractivity (Wildman–Crippen MR) is 71.6 cm³/mol. The minimum atomic E-state index is -0.265. The molecule has 96 valence electrons. The molecule has 1 aromatic rings. The van der Waals surface area contributed by atoms with Crippen molar-refractivity contribution >= 4 is 11.3 Å². The highest BCUT2D eigenvalue weighted by Gasteiger charge is 2.27. The maximum absolute atomic E-state index is 9.37. The second kappa shape index (κ2) is 5.46. The van der Waals surface area contributed by atoms with Crippen molar-refractivity contribution in [2.75, 3.05) is 13.1 Å². The van der Waals surface area contributed by atoms with Crippen LogP contribution in [0.3, 0.4) is 0 Å². The SMILES string of the molecule is CC(O)Cc1cnc(C2CCN(C(C)C)C2)s1. The van der Waals surface area contributed by atoms with Gasteiger partial charge in [-0.1, -0.05) is 0 Å². The Morgan fingerprint density at radius 2 is 2.29 bits per heavy atom. The standard InChI is InChI=1S/C13H22N2OS/c1-9(2)15-5-4-11(8-15)13-14-7-12(17-13)6-10(3)16/h7,9-11,16H,4-6,8H2,1-3H3. The summed E-state index contributed by atoms with van der Waals surface area (Å²) < 4.78 is 0. The van der Waals surface area contributed by atoms with Gasteiger partial charge in [0.25, 0.3) is 0 Å². The average molecular weight is 254 g/mol. The summed E-state index contributed by atoms with van der Waals surface area (Å²) in [7, 11) is 0. The lowest BCUT2D eigenvalue weighted by Crippen LogP contribution is -2.27. The molecule has 0 aliphatic carbocycles. The van der Waals surface area contributed by atoms with Gasteiger partial charge >= 0.3 is 0 Å². The van der Waals surface area contributed by atoms with Gasteiger partial charge in [-0.15, -0.1) is 11.3 Å². The number of aromatic nitrogens is 1. The molecule has 2 atom stereocenters. The molecule has 0 spiro atoms. The summed E-state index contributed by atoms with van der Waals surface area (Å²) in [6.07, 6.45) is 3.63. The Kier molecular flexibility index (Phi) is 4.17. The van der Waals surface area contributed by atoms with Crippen LogP contribution in [0.2, 0.25) is 0 Å². The van der Waals surface area contributed by atoms with Crippen LogP contribution in [0.4, 0.5) is 0 Å². The summed E-state index contributed by atoms with van der Waals surface area (Å²) in [4.78, 5) is 8.25. The number of likely N-dealkylation sites (tertiary alicyclic amines) is 1. The molecule has 3 nitrogen and oxygen atoms in total. The first-order valence-electron chi connectivity index (χ1n) is 6.43. The molecule has 0 radical (unpaired) electrons. The Morgan fingerprint density at radius 1 is 1.53 bits per heavy atom.